The molecule has 3 rings (SSSR count). The number of halogens is 2. The minimum absolute atomic E-state index is 0.0111. The first-order chi connectivity index (χ1) is 9.97. The smallest absolute Gasteiger partial charge is 0.255 e. The molecule has 8 heteroatoms. The predicted octanol–water partition coefficient (Wildman–Crippen LogP) is 4.40. The summed E-state index contributed by atoms with van der Waals surface area (Å²) in [5.41, 5.74) is 0.570. The van der Waals surface area contributed by atoms with Gasteiger partial charge in [-0.3, -0.25) is 4.72 Å². The molecular formula is C13H8Cl2N2O2S2. The number of benzene rings is 2. The Hall–Kier alpha value is -1.34. The molecule has 0 fully saturated rings. The summed E-state index contributed by atoms with van der Waals surface area (Å²) in [5, 5.41) is 0.883. The monoisotopic (exact) mass is 358 g/mol. The number of para-hydroxylation sites is 1. The van der Waals surface area contributed by atoms with Crippen LogP contribution in [-0.4, -0.2) is 13.4 Å². The van der Waals surface area contributed by atoms with Crippen LogP contribution in [0, 0.1) is 0 Å². The van der Waals surface area contributed by atoms with Crippen LogP contribution in [0.1, 0.15) is 0 Å². The third-order valence-electron chi connectivity index (χ3n) is 2.72. The molecule has 1 heterocycles. The van der Waals surface area contributed by atoms with Crippen molar-refractivity contribution in [2.24, 2.45) is 0 Å². The molecule has 0 atom stereocenters. The zero-order valence-electron chi connectivity index (χ0n) is 10.4. The van der Waals surface area contributed by atoms with Gasteiger partial charge in [0.05, 0.1) is 14.7 Å². The summed E-state index contributed by atoms with van der Waals surface area (Å²) in [7, 11) is -3.78. The topological polar surface area (TPSA) is 59.1 Å². The normalized spacial score (nSPS) is 11.7. The highest BCUT2D eigenvalue weighted by molar-refractivity contribution is 7.93. The fourth-order valence-corrected chi connectivity index (χ4v) is 4.71. The standard InChI is InChI=1S/C13H8Cl2N2O2S2/c14-8-4-1-2-7-11(8)21(18,19)17-13-16-12-9(15)5-3-6-10(12)20-13/h1-7H,(H,16,17). The van der Waals surface area contributed by atoms with Crippen LogP contribution in [-0.2, 0) is 10.0 Å². The van der Waals surface area contributed by atoms with E-state index in [2.05, 4.69) is 9.71 Å². The van der Waals surface area contributed by atoms with Crippen LogP contribution in [0.4, 0.5) is 5.13 Å². The van der Waals surface area contributed by atoms with Crippen molar-refractivity contribution in [2.75, 3.05) is 4.72 Å². The first-order valence-electron chi connectivity index (χ1n) is 5.80. The van der Waals surface area contributed by atoms with Gasteiger partial charge in [-0.2, -0.15) is 0 Å². The molecule has 0 amide bonds. The number of hydrogen-bond acceptors (Lipinski definition) is 4. The molecule has 0 saturated carbocycles. The van der Waals surface area contributed by atoms with E-state index in [0.717, 1.165) is 4.70 Å². The molecule has 0 aliphatic heterocycles. The number of hydrogen-bond donors (Lipinski definition) is 1. The van der Waals surface area contributed by atoms with E-state index in [-0.39, 0.29) is 15.0 Å². The Labute approximate surface area is 135 Å². The maximum Gasteiger partial charge on any atom is 0.265 e. The summed E-state index contributed by atoms with van der Waals surface area (Å²) in [6.45, 7) is 0. The summed E-state index contributed by atoms with van der Waals surface area (Å²) >= 11 is 13.2. The number of fused-ring (bicyclic) bond motifs is 1. The van der Waals surface area contributed by atoms with E-state index in [0.29, 0.717) is 10.5 Å². The number of sulfonamides is 1. The van der Waals surface area contributed by atoms with Gasteiger partial charge in [-0.25, -0.2) is 13.4 Å². The van der Waals surface area contributed by atoms with Crippen molar-refractivity contribution in [1.29, 1.82) is 0 Å². The molecule has 3 aromatic rings. The van der Waals surface area contributed by atoms with E-state index in [1.807, 2.05) is 6.07 Å². The number of nitrogens with one attached hydrogen (secondary N) is 1. The van der Waals surface area contributed by atoms with Crippen molar-refractivity contribution in [3.63, 3.8) is 0 Å². The van der Waals surface area contributed by atoms with Crippen molar-refractivity contribution < 1.29 is 8.42 Å². The van der Waals surface area contributed by atoms with Crippen molar-refractivity contribution in [3.8, 4) is 0 Å². The first kappa shape index (κ1) is 14.6. The largest absolute Gasteiger partial charge is 0.265 e. The first-order valence-corrected chi connectivity index (χ1v) is 8.85. The van der Waals surface area contributed by atoms with Crippen LogP contribution in [0.3, 0.4) is 0 Å². The Morgan fingerprint density at radius 1 is 1.00 bits per heavy atom. The van der Waals surface area contributed by atoms with Gasteiger partial charge < -0.3 is 0 Å². The van der Waals surface area contributed by atoms with E-state index >= 15 is 0 Å². The Morgan fingerprint density at radius 2 is 1.71 bits per heavy atom. The van der Waals surface area contributed by atoms with Gasteiger partial charge in [0.25, 0.3) is 10.0 Å². The quantitative estimate of drug-likeness (QED) is 0.754. The highest BCUT2D eigenvalue weighted by Gasteiger charge is 2.19. The molecule has 0 bridgehead atoms. The Balaban J connectivity index is 2.02. The van der Waals surface area contributed by atoms with E-state index in [1.165, 1.54) is 23.5 Å². The third kappa shape index (κ3) is 2.85. The Bertz CT molecular complexity index is 923. The molecule has 0 spiro atoms. The maximum atomic E-state index is 12.3. The van der Waals surface area contributed by atoms with E-state index < -0.39 is 10.0 Å². The van der Waals surface area contributed by atoms with Crippen molar-refractivity contribution in [1.82, 2.24) is 4.98 Å². The van der Waals surface area contributed by atoms with Gasteiger partial charge in [0.1, 0.15) is 10.4 Å². The van der Waals surface area contributed by atoms with Gasteiger partial charge >= 0.3 is 0 Å². The summed E-state index contributed by atoms with van der Waals surface area (Å²) in [4.78, 5) is 4.22. The second-order valence-corrected chi connectivity index (χ2v) is 7.64. The highest BCUT2D eigenvalue weighted by Crippen LogP contribution is 2.32. The van der Waals surface area contributed by atoms with Gasteiger partial charge in [0, 0.05) is 0 Å². The van der Waals surface area contributed by atoms with Gasteiger partial charge in [-0.15, -0.1) is 0 Å². The summed E-state index contributed by atoms with van der Waals surface area (Å²) in [6.07, 6.45) is 0. The van der Waals surface area contributed by atoms with E-state index in [1.54, 1.807) is 24.3 Å². The number of aromatic nitrogens is 1. The van der Waals surface area contributed by atoms with Crippen molar-refractivity contribution in [3.05, 3.63) is 52.5 Å². The fourth-order valence-electron chi connectivity index (χ4n) is 1.79. The molecule has 0 saturated heterocycles. The summed E-state index contributed by atoms with van der Waals surface area (Å²) < 4.78 is 27.9. The predicted molar refractivity (Wildman–Crippen MR) is 86.9 cm³/mol. The summed E-state index contributed by atoms with van der Waals surface area (Å²) in [5.74, 6) is 0. The minimum atomic E-state index is -3.78. The van der Waals surface area contributed by atoms with E-state index in [4.69, 9.17) is 23.2 Å². The molecule has 0 aliphatic rings. The Kier molecular flexibility index (Phi) is 3.79. The average Bonchev–Trinajstić information content (AvgIpc) is 2.82. The lowest BCUT2D eigenvalue weighted by atomic mass is 10.3. The molecule has 2 aromatic carbocycles. The van der Waals surface area contributed by atoms with Crippen LogP contribution < -0.4 is 4.72 Å². The zero-order valence-corrected chi connectivity index (χ0v) is 13.5. The second-order valence-electron chi connectivity index (χ2n) is 4.14. The molecule has 4 nitrogen and oxygen atoms in total. The molecule has 0 aliphatic carbocycles. The van der Waals surface area contributed by atoms with Gasteiger partial charge in [-0.1, -0.05) is 52.7 Å². The second kappa shape index (κ2) is 5.46. The molecule has 0 unspecified atom stereocenters. The molecule has 108 valence electrons. The molecule has 0 radical (unpaired) electrons. The number of nitrogens with zero attached hydrogens (tertiary/aromatic N) is 1. The van der Waals surface area contributed by atoms with Crippen LogP contribution in [0.15, 0.2) is 47.4 Å². The number of rotatable bonds is 3. The summed E-state index contributed by atoms with van der Waals surface area (Å²) in [6, 6.07) is 11.5. The van der Waals surface area contributed by atoms with Gasteiger partial charge in [0.15, 0.2) is 5.13 Å². The average molecular weight is 359 g/mol. The van der Waals surface area contributed by atoms with Gasteiger partial charge in [0.2, 0.25) is 0 Å². The maximum absolute atomic E-state index is 12.3. The highest BCUT2D eigenvalue weighted by atomic mass is 35.5. The minimum Gasteiger partial charge on any atom is -0.255 e. The fraction of sp³-hybridized carbons (Fsp3) is 0. The van der Waals surface area contributed by atoms with Crippen molar-refractivity contribution >= 4 is 59.9 Å². The lowest BCUT2D eigenvalue weighted by Crippen LogP contribution is -2.13. The van der Waals surface area contributed by atoms with Crippen LogP contribution in [0.2, 0.25) is 10.0 Å². The lowest BCUT2D eigenvalue weighted by molar-refractivity contribution is 0.601. The molecule has 21 heavy (non-hydrogen) atoms. The van der Waals surface area contributed by atoms with Crippen LogP contribution >= 0.6 is 34.5 Å². The van der Waals surface area contributed by atoms with Crippen LogP contribution in [0.25, 0.3) is 10.2 Å². The SMILES string of the molecule is O=S(=O)(Nc1nc2c(Cl)cccc2s1)c1ccccc1Cl. The number of anilines is 1. The van der Waals surface area contributed by atoms with Gasteiger partial charge in [-0.05, 0) is 24.3 Å². The molecule has 1 N–H and O–H groups in total. The number of thiazole rings is 1. The molecular weight excluding hydrogens is 351 g/mol. The van der Waals surface area contributed by atoms with Crippen LogP contribution in [0.5, 0.6) is 0 Å². The zero-order chi connectivity index (χ0) is 15.0. The Morgan fingerprint density at radius 3 is 2.43 bits per heavy atom. The molecule has 1 aromatic heterocycles. The third-order valence-corrected chi connectivity index (χ3v) is 5.93. The van der Waals surface area contributed by atoms with Crippen molar-refractivity contribution in [2.45, 2.75) is 4.90 Å². The lowest BCUT2D eigenvalue weighted by Gasteiger charge is -2.06. The van der Waals surface area contributed by atoms with E-state index in [9.17, 15) is 8.42 Å².